The van der Waals surface area contributed by atoms with Crippen LogP contribution in [0.25, 0.3) is 11.1 Å². The third kappa shape index (κ3) is 4.13. The lowest BCUT2D eigenvalue weighted by Crippen LogP contribution is -1.94. The fourth-order valence-electron chi connectivity index (χ4n) is 3.28. The summed E-state index contributed by atoms with van der Waals surface area (Å²) in [6, 6.07) is 16.8. The maximum Gasteiger partial charge on any atom is 0.119 e. The van der Waals surface area contributed by atoms with Crippen LogP contribution in [-0.4, -0.2) is 18.8 Å². The molecule has 0 radical (unpaired) electrons. The molecular weight excluding hydrogens is 308 g/mol. The second-order valence-corrected chi connectivity index (χ2v) is 6.23. The molecule has 0 heterocycles. The van der Waals surface area contributed by atoms with Crippen molar-refractivity contribution in [3.05, 3.63) is 65.2 Å². The Bertz CT molecular complexity index is 807. The first-order valence-electron chi connectivity index (χ1n) is 8.89. The van der Waals surface area contributed by atoms with Gasteiger partial charge in [-0.2, -0.15) is 0 Å². The summed E-state index contributed by atoms with van der Waals surface area (Å²) in [6.45, 7) is 0.188. The fourth-order valence-corrected chi connectivity index (χ4v) is 3.28. The predicted molar refractivity (Wildman–Crippen MR) is 103 cm³/mol. The second kappa shape index (κ2) is 8.55. The molecule has 2 heteroatoms. The van der Waals surface area contributed by atoms with Crippen LogP contribution in [0.5, 0.6) is 5.75 Å². The molecule has 0 atom stereocenters. The lowest BCUT2D eigenvalue weighted by atomic mass is 9.92. The Morgan fingerprint density at radius 3 is 2.68 bits per heavy atom. The molecule has 2 aromatic carbocycles. The molecule has 128 valence electrons. The van der Waals surface area contributed by atoms with Crippen LogP contribution in [-0.2, 0) is 6.42 Å². The van der Waals surface area contributed by atoms with Crippen molar-refractivity contribution in [1.29, 1.82) is 0 Å². The van der Waals surface area contributed by atoms with E-state index in [4.69, 9.17) is 9.84 Å². The number of hydrogen-bond donors (Lipinski definition) is 1. The van der Waals surface area contributed by atoms with Gasteiger partial charge in [0.1, 0.15) is 5.75 Å². The zero-order chi connectivity index (χ0) is 17.5. The van der Waals surface area contributed by atoms with Crippen LogP contribution in [0.2, 0.25) is 0 Å². The van der Waals surface area contributed by atoms with Crippen molar-refractivity contribution in [3.63, 3.8) is 0 Å². The van der Waals surface area contributed by atoms with Crippen LogP contribution in [0.15, 0.2) is 48.5 Å². The molecule has 0 fully saturated rings. The lowest BCUT2D eigenvalue weighted by molar-refractivity contribution is 0.290. The Morgan fingerprint density at radius 2 is 1.92 bits per heavy atom. The Balaban J connectivity index is 2.12. The minimum absolute atomic E-state index is 0.188. The number of aryl methyl sites for hydroxylation is 1. The molecule has 2 aromatic rings. The SMILES string of the molecule is COc1ccc2c(c1)CCCC(c1ccccc1)=C2C#CCCCO. The molecule has 0 amide bonds. The quantitative estimate of drug-likeness (QED) is 0.648. The Morgan fingerprint density at radius 1 is 1.08 bits per heavy atom. The number of unbranched alkanes of at least 4 members (excludes halogenated alkanes) is 1. The van der Waals surface area contributed by atoms with E-state index < -0.39 is 0 Å². The number of aliphatic hydroxyl groups excluding tert-OH is 1. The maximum absolute atomic E-state index is 9.00. The molecule has 0 aromatic heterocycles. The number of hydrogen-bond acceptors (Lipinski definition) is 2. The normalized spacial score (nSPS) is 13.5. The van der Waals surface area contributed by atoms with Crippen molar-refractivity contribution < 1.29 is 9.84 Å². The highest BCUT2D eigenvalue weighted by molar-refractivity contribution is 5.99. The van der Waals surface area contributed by atoms with E-state index in [-0.39, 0.29) is 6.61 Å². The van der Waals surface area contributed by atoms with Crippen LogP contribution in [0.4, 0.5) is 0 Å². The largest absolute Gasteiger partial charge is 0.497 e. The molecule has 0 spiro atoms. The first-order chi connectivity index (χ1) is 12.3. The minimum Gasteiger partial charge on any atom is -0.497 e. The topological polar surface area (TPSA) is 29.5 Å². The van der Waals surface area contributed by atoms with Crippen molar-refractivity contribution in [1.82, 2.24) is 0 Å². The van der Waals surface area contributed by atoms with Gasteiger partial charge in [0.05, 0.1) is 7.11 Å². The number of methoxy groups -OCH3 is 1. The van der Waals surface area contributed by atoms with E-state index in [9.17, 15) is 0 Å². The fraction of sp³-hybridized carbons (Fsp3) is 0.304. The standard InChI is InChI=1S/C23H24O2/c1-25-20-14-15-22-19(17-20)11-8-13-21(18-9-4-2-5-10-18)23(22)12-6-3-7-16-24/h2,4-5,9-10,14-15,17,24H,3,7-8,11,13,16H2,1H3. The monoisotopic (exact) mass is 332 g/mol. The van der Waals surface area contributed by atoms with Crippen molar-refractivity contribution in [3.8, 4) is 17.6 Å². The molecule has 0 saturated carbocycles. The highest BCUT2D eigenvalue weighted by atomic mass is 16.5. The molecule has 1 aliphatic rings. The zero-order valence-electron chi connectivity index (χ0n) is 14.7. The van der Waals surface area contributed by atoms with Gasteiger partial charge in [-0.05, 0) is 66.1 Å². The third-order valence-corrected chi connectivity index (χ3v) is 4.55. The van der Waals surface area contributed by atoms with E-state index in [1.54, 1.807) is 7.11 Å². The van der Waals surface area contributed by atoms with Gasteiger partial charge < -0.3 is 9.84 Å². The minimum atomic E-state index is 0.188. The first-order valence-corrected chi connectivity index (χ1v) is 8.89. The van der Waals surface area contributed by atoms with Gasteiger partial charge in [-0.25, -0.2) is 0 Å². The average molecular weight is 332 g/mol. The molecule has 0 aliphatic heterocycles. The van der Waals surface area contributed by atoms with Gasteiger partial charge in [0.2, 0.25) is 0 Å². The van der Waals surface area contributed by atoms with E-state index >= 15 is 0 Å². The molecule has 0 unspecified atom stereocenters. The number of aliphatic hydroxyl groups is 1. The highest BCUT2D eigenvalue weighted by Crippen LogP contribution is 2.36. The highest BCUT2D eigenvalue weighted by Gasteiger charge is 2.18. The van der Waals surface area contributed by atoms with Crippen molar-refractivity contribution in [2.24, 2.45) is 0 Å². The number of ether oxygens (including phenoxy) is 1. The lowest BCUT2D eigenvalue weighted by Gasteiger charge is -2.12. The summed E-state index contributed by atoms with van der Waals surface area (Å²) >= 11 is 0. The van der Waals surface area contributed by atoms with Gasteiger partial charge >= 0.3 is 0 Å². The van der Waals surface area contributed by atoms with Crippen LogP contribution in [0.1, 0.15) is 42.4 Å². The number of benzene rings is 2. The van der Waals surface area contributed by atoms with Crippen LogP contribution in [0.3, 0.4) is 0 Å². The molecule has 1 aliphatic carbocycles. The summed E-state index contributed by atoms with van der Waals surface area (Å²) < 4.78 is 5.40. The van der Waals surface area contributed by atoms with Gasteiger partial charge in [-0.3, -0.25) is 0 Å². The molecule has 0 bridgehead atoms. The molecule has 2 nitrogen and oxygen atoms in total. The van der Waals surface area contributed by atoms with Crippen LogP contribution >= 0.6 is 0 Å². The molecule has 25 heavy (non-hydrogen) atoms. The van der Waals surface area contributed by atoms with Gasteiger partial charge in [0.25, 0.3) is 0 Å². The average Bonchev–Trinajstić information content (AvgIpc) is 2.84. The summed E-state index contributed by atoms with van der Waals surface area (Å²) in [5, 5.41) is 9.00. The van der Waals surface area contributed by atoms with Crippen molar-refractivity contribution >= 4 is 11.1 Å². The second-order valence-electron chi connectivity index (χ2n) is 6.23. The van der Waals surface area contributed by atoms with Crippen molar-refractivity contribution in [2.75, 3.05) is 13.7 Å². The Labute approximate surface area is 150 Å². The summed E-state index contributed by atoms with van der Waals surface area (Å²) in [5.41, 5.74) is 6.21. The van der Waals surface area contributed by atoms with Crippen molar-refractivity contribution in [2.45, 2.75) is 32.1 Å². The van der Waals surface area contributed by atoms with E-state index in [1.165, 1.54) is 22.3 Å². The summed E-state index contributed by atoms with van der Waals surface area (Å²) in [7, 11) is 1.71. The van der Waals surface area contributed by atoms with Gasteiger partial charge in [0.15, 0.2) is 0 Å². The third-order valence-electron chi connectivity index (χ3n) is 4.55. The number of rotatable bonds is 4. The summed E-state index contributed by atoms with van der Waals surface area (Å²) in [6.07, 6.45) is 4.59. The van der Waals surface area contributed by atoms with E-state index in [2.05, 4.69) is 48.2 Å². The van der Waals surface area contributed by atoms with Gasteiger partial charge in [-0.1, -0.05) is 42.2 Å². The van der Waals surface area contributed by atoms with Crippen LogP contribution < -0.4 is 4.74 Å². The Kier molecular flexibility index (Phi) is 5.93. The zero-order valence-corrected chi connectivity index (χ0v) is 14.7. The summed E-state index contributed by atoms with van der Waals surface area (Å²) in [4.78, 5) is 0. The number of fused-ring (bicyclic) bond motifs is 1. The summed E-state index contributed by atoms with van der Waals surface area (Å²) in [5.74, 6) is 7.57. The van der Waals surface area contributed by atoms with E-state index in [1.807, 2.05) is 12.1 Å². The smallest absolute Gasteiger partial charge is 0.119 e. The molecular formula is C23H24O2. The first kappa shape index (κ1) is 17.3. The Hall–Kier alpha value is -2.50. The van der Waals surface area contributed by atoms with Gasteiger partial charge in [0, 0.05) is 18.6 Å². The predicted octanol–water partition coefficient (Wildman–Crippen LogP) is 4.72. The maximum atomic E-state index is 9.00. The van der Waals surface area contributed by atoms with Crippen LogP contribution in [0, 0.1) is 11.8 Å². The number of allylic oxidation sites excluding steroid dienone is 2. The van der Waals surface area contributed by atoms with Gasteiger partial charge in [-0.15, -0.1) is 0 Å². The van der Waals surface area contributed by atoms with E-state index in [0.29, 0.717) is 6.42 Å². The van der Waals surface area contributed by atoms with E-state index in [0.717, 1.165) is 37.0 Å². The molecule has 1 N–H and O–H groups in total. The molecule has 3 rings (SSSR count). The molecule has 0 saturated heterocycles.